The van der Waals surface area contributed by atoms with Crippen LogP contribution in [-0.4, -0.2) is 16.8 Å². The van der Waals surface area contributed by atoms with Crippen molar-refractivity contribution in [2.75, 3.05) is 5.43 Å². The van der Waals surface area contributed by atoms with E-state index in [1.165, 1.54) is 12.1 Å². The summed E-state index contributed by atoms with van der Waals surface area (Å²) in [6.45, 7) is 1.56. The summed E-state index contributed by atoms with van der Waals surface area (Å²) in [5.41, 5.74) is 3.07. The fourth-order valence-electron chi connectivity index (χ4n) is 0.966. The van der Waals surface area contributed by atoms with Crippen molar-refractivity contribution in [2.24, 2.45) is 5.10 Å². The van der Waals surface area contributed by atoms with Crippen LogP contribution in [0.15, 0.2) is 29.4 Å². The number of carboxylic acids is 1. The van der Waals surface area contributed by atoms with E-state index in [9.17, 15) is 9.18 Å². The van der Waals surface area contributed by atoms with Crippen LogP contribution in [0, 0.1) is 5.82 Å². The van der Waals surface area contributed by atoms with Crippen LogP contribution in [0.25, 0.3) is 0 Å². The number of nitrogens with zero attached hydrogens (tertiary/aromatic N) is 1. The lowest BCUT2D eigenvalue weighted by Crippen LogP contribution is -2.05. The Hall–Kier alpha value is -1.91. The van der Waals surface area contributed by atoms with Crippen LogP contribution < -0.4 is 5.43 Å². The van der Waals surface area contributed by atoms with Gasteiger partial charge in [-0.05, 0) is 19.1 Å². The molecule has 0 saturated carbocycles. The molecule has 0 radical (unpaired) electrons. The summed E-state index contributed by atoms with van der Waals surface area (Å²) in [6, 6.07) is 6.04. The van der Waals surface area contributed by atoms with Gasteiger partial charge in [-0.15, -0.1) is 0 Å². The molecule has 4 nitrogen and oxygen atoms in total. The molecule has 0 bridgehead atoms. The van der Waals surface area contributed by atoms with Gasteiger partial charge in [-0.2, -0.15) is 5.10 Å². The van der Waals surface area contributed by atoms with Crippen molar-refractivity contribution in [3.8, 4) is 0 Å². The van der Waals surface area contributed by atoms with Crippen LogP contribution in [0.5, 0.6) is 0 Å². The maximum Gasteiger partial charge on any atom is 0.309 e. The van der Waals surface area contributed by atoms with Crippen molar-refractivity contribution >= 4 is 17.4 Å². The molecular weight excluding hydrogens is 199 g/mol. The number of halogens is 1. The zero-order valence-electron chi connectivity index (χ0n) is 8.20. The van der Waals surface area contributed by atoms with Gasteiger partial charge in [0, 0.05) is 5.71 Å². The normalized spacial score (nSPS) is 11.2. The molecule has 0 aliphatic rings. The molecule has 1 aromatic carbocycles. The molecule has 15 heavy (non-hydrogen) atoms. The number of rotatable bonds is 4. The predicted molar refractivity (Wildman–Crippen MR) is 55.4 cm³/mol. The smallest absolute Gasteiger partial charge is 0.309 e. The molecule has 0 amide bonds. The Morgan fingerprint density at radius 3 is 2.80 bits per heavy atom. The fraction of sp³-hybridized carbons (Fsp3) is 0.200. The van der Waals surface area contributed by atoms with Gasteiger partial charge >= 0.3 is 5.97 Å². The van der Waals surface area contributed by atoms with Gasteiger partial charge in [0.2, 0.25) is 0 Å². The summed E-state index contributed by atoms with van der Waals surface area (Å²) >= 11 is 0. The molecule has 0 aliphatic heterocycles. The Bertz CT molecular complexity index is 391. The van der Waals surface area contributed by atoms with Gasteiger partial charge in [0.15, 0.2) is 0 Å². The van der Waals surface area contributed by atoms with Crippen molar-refractivity contribution in [2.45, 2.75) is 13.3 Å². The van der Waals surface area contributed by atoms with E-state index in [1.54, 1.807) is 19.1 Å². The minimum absolute atomic E-state index is 0.165. The second-order valence-electron chi connectivity index (χ2n) is 3.01. The number of hydrazone groups is 1. The van der Waals surface area contributed by atoms with E-state index in [2.05, 4.69) is 10.5 Å². The third-order valence-corrected chi connectivity index (χ3v) is 1.65. The first-order chi connectivity index (χ1) is 7.09. The molecule has 1 rings (SSSR count). The summed E-state index contributed by atoms with van der Waals surface area (Å²) in [6.07, 6.45) is -0.165. The number of carboxylic acid groups (broad SMARTS) is 1. The first kappa shape index (κ1) is 11.2. The molecule has 80 valence electrons. The molecule has 0 spiro atoms. The van der Waals surface area contributed by atoms with Crippen molar-refractivity contribution in [3.05, 3.63) is 30.1 Å². The van der Waals surface area contributed by atoms with Gasteiger partial charge < -0.3 is 5.11 Å². The van der Waals surface area contributed by atoms with Crippen LogP contribution in [-0.2, 0) is 4.79 Å². The van der Waals surface area contributed by atoms with Crippen LogP contribution >= 0.6 is 0 Å². The molecule has 0 saturated heterocycles. The molecule has 0 heterocycles. The maximum absolute atomic E-state index is 13.1. The van der Waals surface area contributed by atoms with Crippen LogP contribution in [0.2, 0.25) is 0 Å². The summed E-state index contributed by atoms with van der Waals surface area (Å²) in [7, 11) is 0. The summed E-state index contributed by atoms with van der Waals surface area (Å²) in [5, 5.41) is 12.2. The second-order valence-corrected chi connectivity index (χ2v) is 3.01. The minimum Gasteiger partial charge on any atom is -0.481 e. The van der Waals surface area contributed by atoms with Gasteiger partial charge in [0.05, 0.1) is 12.1 Å². The molecule has 0 unspecified atom stereocenters. The largest absolute Gasteiger partial charge is 0.481 e. The molecule has 1 aromatic rings. The fourth-order valence-corrected chi connectivity index (χ4v) is 0.966. The average molecular weight is 210 g/mol. The lowest BCUT2D eigenvalue weighted by molar-refractivity contribution is -0.135. The maximum atomic E-state index is 13.1. The third-order valence-electron chi connectivity index (χ3n) is 1.65. The van der Waals surface area contributed by atoms with E-state index in [-0.39, 0.29) is 12.1 Å². The highest BCUT2D eigenvalue weighted by molar-refractivity contribution is 5.97. The summed E-state index contributed by atoms with van der Waals surface area (Å²) in [4.78, 5) is 10.3. The first-order valence-corrected chi connectivity index (χ1v) is 4.35. The van der Waals surface area contributed by atoms with Crippen LogP contribution in [0.4, 0.5) is 10.1 Å². The van der Waals surface area contributed by atoms with Crippen molar-refractivity contribution in [3.63, 3.8) is 0 Å². The first-order valence-electron chi connectivity index (χ1n) is 4.35. The standard InChI is InChI=1S/C10H11FN2O2/c1-7(6-10(14)15)12-13-9-5-3-2-4-8(9)11/h2-5,13H,6H2,1H3,(H,14,15)/b12-7+. The zero-order valence-corrected chi connectivity index (χ0v) is 8.20. The Morgan fingerprint density at radius 2 is 2.20 bits per heavy atom. The van der Waals surface area contributed by atoms with E-state index < -0.39 is 11.8 Å². The topological polar surface area (TPSA) is 61.7 Å². The van der Waals surface area contributed by atoms with Crippen molar-refractivity contribution < 1.29 is 14.3 Å². The number of anilines is 1. The van der Waals surface area contributed by atoms with E-state index in [1.807, 2.05) is 0 Å². The number of para-hydroxylation sites is 1. The third kappa shape index (κ3) is 3.76. The highest BCUT2D eigenvalue weighted by Crippen LogP contribution is 2.12. The van der Waals surface area contributed by atoms with E-state index >= 15 is 0 Å². The molecule has 2 N–H and O–H groups in total. The minimum atomic E-state index is -0.966. The van der Waals surface area contributed by atoms with Crippen LogP contribution in [0.1, 0.15) is 13.3 Å². The van der Waals surface area contributed by atoms with E-state index in [4.69, 9.17) is 5.11 Å². The predicted octanol–water partition coefficient (Wildman–Crippen LogP) is 2.09. The van der Waals surface area contributed by atoms with Gasteiger partial charge in [0.25, 0.3) is 0 Å². The van der Waals surface area contributed by atoms with Crippen molar-refractivity contribution in [1.82, 2.24) is 0 Å². The average Bonchev–Trinajstić information content (AvgIpc) is 2.15. The number of benzene rings is 1. The Labute approximate surface area is 86.4 Å². The second kappa shape index (κ2) is 5.09. The number of nitrogens with one attached hydrogen (secondary N) is 1. The highest BCUT2D eigenvalue weighted by Gasteiger charge is 2.01. The summed E-state index contributed by atoms with van der Waals surface area (Å²) in [5.74, 6) is -1.39. The van der Waals surface area contributed by atoms with E-state index in [0.717, 1.165) is 0 Å². The van der Waals surface area contributed by atoms with Crippen molar-refractivity contribution in [1.29, 1.82) is 0 Å². The molecule has 0 aliphatic carbocycles. The van der Waals surface area contributed by atoms with Gasteiger partial charge in [0.1, 0.15) is 5.82 Å². The molecule has 5 heteroatoms. The Morgan fingerprint density at radius 1 is 1.53 bits per heavy atom. The zero-order chi connectivity index (χ0) is 11.3. The number of hydrogen-bond donors (Lipinski definition) is 2. The lowest BCUT2D eigenvalue weighted by Gasteiger charge is -2.02. The monoisotopic (exact) mass is 210 g/mol. The Kier molecular flexibility index (Phi) is 3.79. The van der Waals surface area contributed by atoms with Gasteiger partial charge in [-0.1, -0.05) is 12.1 Å². The molecular formula is C10H11FN2O2. The molecule has 0 aromatic heterocycles. The SMILES string of the molecule is C/C(CC(=O)O)=N\Nc1ccccc1F. The summed E-state index contributed by atoms with van der Waals surface area (Å²) < 4.78 is 13.1. The number of aliphatic carboxylic acids is 1. The highest BCUT2D eigenvalue weighted by atomic mass is 19.1. The Balaban J connectivity index is 2.64. The number of carbonyl (C=O) groups is 1. The number of hydrogen-bond acceptors (Lipinski definition) is 3. The molecule has 0 fully saturated rings. The van der Waals surface area contributed by atoms with Gasteiger partial charge in [-0.25, -0.2) is 4.39 Å². The van der Waals surface area contributed by atoms with E-state index in [0.29, 0.717) is 5.71 Å². The molecule has 0 atom stereocenters. The quantitative estimate of drug-likeness (QED) is 0.590. The van der Waals surface area contributed by atoms with Gasteiger partial charge in [-0.3, -0.25) is 10.2 Å². The lowest BCUT2D eigenvalue weighted by atomic mass is 10.3. The van der Waals surface area contributed by atoms with Crippen LogP contribution in [0.3, 0.4) is 0 Å².